The zero-order valence-corrected chi connectivity index (χ0v) is 15.7. The molecule has 0 saturated carbocycles. The van der Waals surface area contributed by atoms with Crippen molar-refractivity contribution in [3.63, 3.8) is 0 Å². The maximum Gasteiger partial charge on any atom is 0.251 e. The molecule has 0 spiro atoms. The van der Waals surface area contributed by atoms with Gasteiger partial charge in [0.2, 0.25) is 11.8 Å². The van der Waals surface area contributed by atoms with Crippen molar-refractivity contribution in [2.45, 2.75) is 45.6 Å². The second kappa shape index (κ2) is 9.94. The van der Waals surface area contributed by atoms with Gasteiger partial charge in [0.05, 0.1) is 0 Å². The number of hydrogen-bond donors (Lipinski definition) is 2. The Labute approximate surface area is 155 Å². The van der Waals surface area contributed by atoms with E-state index in [4.69, 9.17) is 0 Å². The van der Waals surface area contributed by atoms with E-state index in [0.29, 0.717) is 25.1 Å². The van der Waals surface area contributed by atoms with E-state index in [0.717, 1.165) is 25.8 Å². The topological polar surface area (TPSA) is 78.5 Å². The van der Waals surface area contributed by atoms with Crippen molar-refractivity contribution in [3.8, 4) is 0 Å². The molecule has 0 bridgehead atoms. The molecular formula is C20H29N3O3. The molecule has 0 radical (unpaired) electrons. The van der Waals surface area contributed by atoms with Crippen LogP contribution in [0.4, 0.5) is 0 Å². The highest BCUT2D eigenvalue weighted by Gasteiger charge is 2.26. The second-order valence-corrected chi connectivity index (χ2v) is 6.83. The minimum Gasteiger partial charge on any atom is -0.354 e. The summed E-state index contributed by atoms with van der Waals surface area (Å²) in [5.74, 6) is -0.183. The number of nitrogens with one attached hydrogen (secondary N) is 2. The number of likely N-dealkylation sites (tertiary alicyclic amines) is 1. The van der Waals surface area contributed by atoms with Crippen molar-refractivity contribution in [1.29, 1.82) is 0 Å². The van der Waals surface area contributed by atoms with Crippen LogP contribution in [0.2, 0.25) is 0 Å². The van der Waals surface area contributed by atoms with Gasteiger partial charge in [0, 0.05) is 31.6 Å². The van der Waals surface area contributed by atoms with Crippen molar-refractivity contribution >= 4 is 17.7 Å². The Kier molecular flexibility index (Phi) is 7.63. The summed E-state index contributed by atoms with van der Waals surface area (Å²) >= 11 is 0. The van der Waals surface area contributed by atoms with Gasteiger partial charge < -0.3 is 15.5 Å². The van der Waals surface area contributed by atoms with E-state index in [-0.39, 0.29) is 23.6 Å². The first-order chi connectivity index (χ1) is 12.5. The molecule has 6 nitrogen and oxygen atoms in total. The highest BCUT2D eigenvalue weighted by molar-refractivity contribution is 5.97. The summed E-state index contributed by atoms with van der Waals surface area (Å²) in [6.45, 7) is 5.94. The summed E-state index contributed by atoms with van der Waals surface area (Å²) in [4.78, 5) is 38.4. The Morgan fingerprint density at radius 3 is 2.58 bits per heavy atom. The first-order valence-corrected chi connectivity index (χ1v) is 9.44. The third-order valence-electron chi connectivity index (χ3n) is 4.89. The van der Waals surface area contributed by atoms with Gasteiger partial charge in [-0.05, 0) is 30.9 Å². The van der Waals surface area contributed by atoms with Crippen molar-refractivity contribution in [2.75, 3.05) is 19.6 Å². The molecule has 3 amide bonds. The van der Waals surface area contributed by atoms with Crippen LogP contribution in [-0.2, 0) is 9.59 Å². The molecule has 1 heterocycles. The normalized spacial score (nSPS) is 16.2. The first-order valence-electron chi connectivity index (χ1n) is 9.44. The molecular weight excluding hydrogens is 330 g/mol. The molecule has 1 saturated heterocycles. The van der Waals surface area contributed by atoms with Gasteiger partial charge in [0.15, 0.2) is 0 Å². The molecule has 1 aromatic rings. The minimum atomic E-state index is -0.568. The lowest BCUT2D eigenvalue weighted by Crippen LogP contribution is -2.50. The molecule has 142 valence electrons. The number of rotatable bonds is 9. The molecule has 6 heteroatoms. The molecule has 26 heavy (non-hydrogen) atoms. The van der Waals surface area contributed by atoms with E-state index < -0.39 is 6.04 Å². The third kappa shape index (κ3) is 5.58. The van der Waals surface area contributed by atoms with Gasteiger partial charge in [0.25, 0.3) is 5.91 Å². The SMILES string of the molecule is CCC(C)C(NC(=O)c1ccccc1)C(=O)NCCCN1CCCC1=O. The fourth-order valence-corrected chi connectivity index (χ4v) is 3.05. The summed E-state index contributed by atoms with van der Waals surface area (Å²) in [7, 11) is 0. The average molecular weight is 359 g/mol. The largest absolute Gasteiger partial charge is 0.354 e. The summed E-state index contributed by atoms with van der Waals surface area (Å²) in [5, 5.41) is 5.76. The quantitative estimate of drug-likeness (QED) is 0.662. The van der Waals surface area contributed by atoms with Crippen LogP contribution in [0, 0.1) is 5.92 Å². The summed E-state index contributed by atoms with van der Waals surface area (Å²) in [6.07, 6.45) is 3.06. The van der Waals surface area contributed by atoms with Crippen LogP contribution >= 0.6 is 0 Å². The molecule has 1 fully saturated rings. The Morgan fingerprint density at radius 2 is 1.96 bits per heavy atom. The van der Waals surface area contributed by atoms with Crippen LogP contribution in [-0.4, -0.2) is 48.3 Å². The molecule has 1 aliphatic heterocycles. The van der Waals surface area contributed by atoms with E-state index >= 15 is 0 Å². The van der Waals surface area contributed by atoms with Crippen LogP contribution in [0.25, 0.3) is 0 Å². The standard InChI is InChI=1S/C20H29N3O3/c1-3-15(2)18(22-19(25)16-9-5-4-6-10-16)20(26)21-12-8-14-23-13-7-11-17(23)24/h4-6,9-10,15,18H,3,7-8,11-14H2,1-2H3,(H,21,26)(H,22,25). The average Bonchev–Trinajstić information content (AvgIpc) is 3.07. The van der Waals surface area contributed by atoms with Gasteiger partial charge in [-0.25, -0.2) is 0 Å². The van der Waals surface area contributed by atoms with Gasteiger partial charge in [-0.2, -0.15) is 0 Å². The van der Waals surface area contributed by atoms with E-state index in [1.54, 1.807) is 24.3 Å². The molecule has 0 aliphatic carbocycles. The van der Waals surface area contributed by atoms with Crippen molar-refractivity contribution in [2.24, 2.45) is 5.92 Å². The van der Waals surface area contributed by atoms with E-state index in [2.05, 4.69) is 10.6 Å². The highest BCUT2D eigenvalue weighted by Crippen LogP contribution is 2.11. The number of carbonyl (C=O) groups is 3. The molecule has 2 N–H and O–H groups in total. The monoisotopic (exact) mass is 359 g/mol. The highest BCUT2D eigenvalue weighted by atomic mass is 16.2. The number of amides is 3. The van der Waals surface area contributed by atoms with Crippen LogP contribution in [0.5, 0.6) is 0 Å². The molecule has 0 aromatic heterocycles. The summed E-state index contributed by atoms with van der Waals surface area (Å²) < 4.78 is 0. The lowest BCUT2D eigenvalue weighted by molar-refractivity contribution is -0.127. The zero-order chi connectivity index (χ0) is 18.9. The van der Waals surface area contributed by atoms with Crippen molar-refractivity contribution < 1.29 is 14.4 Å². The molecule has 1 aliphatic rings. The first kappa shape index (κ1) is 19.9. The maximum absolute atomic E-state index is 12.6. The minimum absolute atomic E-state index is 0.0304. The third-order valence-corrected chi connectivity index (χ3v) is 4.89. The predicted molar refractivity (Wildman–Crippen MR) is 101 cm³/mol. The Morgan fingerprint density at radius 1 is 1.23 bits per heavy atom. The van der Waals surface area contributed by atoms with Gasteiger partial charge >= 0.3 is 0 Å². The van der Waals surface area contributed by atoms with Gasteiger partial charge in [-0.3, -0.25) is 14.4 Å². The number of hydrogen-bond acceptors (Lipinski definition) is 3. The zero-order valence-electron chi connectivity index (χ0n) is 15.7. The van der Waals surface area contributed by atoms with Crippen LogP contribution in [0.1, 0.15) is 49.9 Å². The number of carbonyl (C=O) groups excluding carboxylic acids is 3. The van der Waals surface area contributed by atoms with Gasteiger partial charge in [-0.15, -0.1) is 0 Å². The fraction of sp³-hybridized carbons (Fsp3) is 0.550. The van der Waals surface area contributed by atoms with E-state index in [1.165, 1.54) is 0 Å². The fourth-order valence-electron chi connectivity index (χ4n) is 3.05. The Hall–Kier alpha value is -2.37. The van der Waals surface area contributed by atoms with Crippen LogP contribution in [0.3, 0.4) is 0 Å². The van der Waals surface area contributed by atoms with Gasteiger partial charge in [-0.1, -0.05) is 38.5 Å². The molecule has 2 atom stereocenters. The summed E-state index contributed by atoms with van der Waals surface area (Å²) in [5.41, 5.74) is 0.543. The molecule has 2 rings (SSSR count). The van der Waals surface area contributed by atoms with E-state index in [1.807, 2.05) is 24.8 Å². The van der Waals surface area contributed by atoms with Gasteiger partial charge in [0.1, 0.15) is 6.04 Å². The summed E-state index contributed by atoms with van der Waals surface area (Å²) in [6, 6.07) is 8.34. The van der Waals surface area contributed by atoms with Crippen molar-refractivity contribution in [1.82, 2.24) is 15.5 Å². The predicted octanol–water partition coefficient (Wildman–Crippen LogP) is 1.96. The van der Waals surface area contributed by atoms with Crippen molar-refractivity contribution in [3.05, 3.63) is 35.9 Å². The smallest absolute Gasteiger partial charge is 0.251 e. The Balaban J connectivity index is 1.84. The van der Waals surface area contributed by atoms with E-state index in [9.17, 15) is 14.4 Å². The number of nitrogens with zero attached hydrogens (tertiary/aromatic N) is 1. The lowest BCUT2D eigenvalue weighted by Gasteiger charge is -2.24. The number of benzene rings is 1. The van der Waals surface area contributed by atoms with Crippen LogP contribution in [0.15, 0.2) is 30.3 Å². The Bertz CT molecular complexity index is 618. The molecule has 2 unspecified atom stereocenters. The molecule has 1 aromatic carbocycles. The second-order valence-electron chi connectivity index (χ2n) is 6.83. The van der Waals surface area contributed by atoms with Crippen LogP contribution < -0.4 is 10.6 Å². The maximum atomic E-state index is 12.6. The lowest BCUT2D eigenvalue weighted by atomic mass is 9.97.